The molecule has 82 valence electrons. The van der Waals surface area contributed by atoms with Crippen LogP contribution < -0.4 is 5.73 Å². The van der Waals surface area contributed by atoms with Crippen molar-refractivity contribution in [1.29, 1.82) is 0 Å². The monoisotopic (exact) mass is 218 g/mol. The van der Waals surface area contributed by atoms with Gasteiger partial charge in [0.15, 0.2) is 0 Å². The average Bonchev–Trinajstić information content (AvgIpc) is 2.43. The molecular weight excluding hydrogens is 208 g/mol. The first-order valence-electron chi connectivity index (χ1n) is 4.70. The van der Waals surface area contributed by atoms with E-state index in [4.69, 9.17) is 5.73 Å². The van der Waals surface area contributed by atoms with Gasteiger partial charge in [0.2, 0.25) is 5.91 Å². The Bertz CT molecular complexity index is 534. The molecule has 0 aromatic heterocycles. The number of carbonyl (C=O) groups is 3. The van der Waals surface area contributed by atoms with Crippen molar-refractivity contribution in [3.05, 3.63) is 34.4 Å². The van der Waals surface area contributed by atoms with Crippen molar-refractivity contribution in [3.8, 4) is 0 Å². The van der Waals surface area contributed by atoms with E-state index in [9.17, 15) is 14.4 Å². The zero-order valence-corrected chi connectivity index (χ0v) is 8.90. The predicted octanol–water partition coefficient (Wildman–Crippen LogP) is 0.320. The van der Waals surface area contributed by atoms with Gasteiger partial charge in [0.25, 0.3) is 11.8 Å². The number of hydrogen-bond donors (Lipinski definition) is 1. The minimum absolute atomic E-state index is 0.243. The topological polar surface area (TPSA) is 80.5 Å². The second-order valence-electron chi connectivity index (χ2n) is 3.75. The number of aryl methyl sites for hydroxylation is 1. The Morgan fingerprint density at radius 3 is 2.19 bits per heavy atom. The number of amides is 3. The highest BCUT2D eigenvalue weighted by molar-refractivity contribution is 6.22. The normalized spacial score (nSPS) is 14.2. The van der Waals surface area contributed by atoms with E-state index in [0.717, 1.165) is 4.90 Å². The molecule has 0 bridgehead atoms. The van der Waals surface area contributed by atoms with Crippen LogP contribution in [0.2, 0.25) is 0 Å². The van der Waals surface area contributed by atoms with Crippen molar-refractivity contribution in [2.75, 3.05) is 7.05 Å². The number of primary amides is 1. The van der Waals surface area contributed by atoms with Crippen LogP contribution in [0.15, 0.2) is 12.1 Å². The van der Waals surface area contributed by atoms with Crippen LogP contribution in [0.1, 0.15) is 36.6 Å². The number of hydrogen-bond acceptors (Lipinski definition) is 3. The molecule has 1 aliphatic rings. The first-order valence-corrected chi connectivity index (χ1v) is 4.70. The minimum Gasteiger partial charge on any atom is -0.366 e. The molecule has 16 heavy (non-hydrogen) atoms. The summed E-state index contributed by atoms with van der Waals surface area (Å²) < 4.78 is 0. The summed E-state index contributed by atoms with van der Waals surface area (Å²) >= 11 is 0. The highest BCUT2D eigenvalue weighted by atomic mass is 16.2. The summed E-state index contributed by atoms with van der Waals surface area (Å²) in [5, 5.41) is 0. The van der Waals surface area contributed by atoms with Crippen LogP contribution in [0.3, 0.4) is 0 Å². The highest BCUT2D eigenvalue weighted by Gasteiger charge is 2.33. The molecule has 0 unspecified atom stereocenters. The van der Waals surface area contributed by atoms with E-state index >= 15 is 0 Å². The fourth-order valence-electron chi connectivity index (χ4n) is 1.78. The smallest absolute Gasteiger partial charge is 0.261 e. The zero-order chi connectivity index (χ0) is 12.0. The quantitative estimate of drug-likeness (QED) is 0.689. The highest BCUT2D eigenvalue weighted by Crippen LogP contribution is 2.24. The number of imide groups is 1. The Morgan fingerprint density at radius 2 is 1.69 bits per heavy atom. The maximum atomic E-state index is 11.6. The predicted molar refractivity (Wildman–Crippen MR) is 56.1 cm³/mol. The van der Waals surface area contributed by atoms with E-state index < -0.39 is 11.8 Å². The van der Waals surface area contributed by atoms with Crippen molar-refractivity contribution in [1.82, 2.24) is 4.90 Å². The van der Waals surface area contributed by atoms with Gasteiger partial charge in [-0.15, -0.1) is 0 Å². The fourth-order valence-corrected chi connectivity index (χ4v) is 1.78. The molecule has 5 nitrogen and oxygen atoms in total. The molecule has 0 saturated carbocycles. The number of fused-ring (bicyclic) bond motifs is 1. The lowest BCUT2D eigenvalue weighted by molar-refractivity contribution is 0.0693. The molecule has 0 radical (unpaired) electrons. The summed E-state index contributed by atoms with van der Waals surface area (Å²) in [6, 6.07) is 2.91. The van der Waals surface area contributed by atoms with E-state index in [1.54, 1.807) is 6.92 Å². The Hall–Kier alpha value is -2.17. The maximum Gasteiger partial charge on any atom is 0.261 e. The Balaban J connectivity index is 2.70. The molecule has 0 spiro atoms. The molecule has 2 N–H and O–H groups in total. The third-order valence-corrected chi connectivity index (χ3v) is 2.70. The molecule has 0 fully saturated rings. The van der Waals surface area contributed by atoms with Gasteiger partial charge in [-0.2, -0.15) is 0 Å². The van der Waals surface area contributed by atoms with Crippen LogP contribution in [-0.2, 0) is 0 Å². The van der Waals surface area contributed by atoms with Crippen LogP contribution in [0.5, 0.6) is 0 Å². The first kappa shape index (κ1) is 10.4. The Kier molecular flexibility index (Phi) is 2.05. The van der Waals surface area contributed by atoms with E-state index in [0.29, 0.717) is 11.1 Å². The van der Waals surface area contributed by atoms with Gasteiger partial charge in [0.1, 0.15) is 0 Å². The number of nitrogens with zero attached hydrogens (tertiary/aromatic N) is 1. The number of carbonyl (C=O) groups excluding carboxylic acids is 3. The van der Waals surface area contributed by atoms with Gasteiger partial charge in [0, 0.05) is 12.6 Å². The maximum absolute atomic E-state index is 11.6. The van der Waals surface area contributed by atoms with Crippen LogP contribution in [-0.4, -0.2) is 29.7 Å². The Morgan fingerprint density at radius 1 is 1.19 bits per heavy atom. The molecule has 5 heteroatoms. The van der Waals surface area contributed by atoms with Gasteiger partial charge in [-0.3, -0.25) is 19.3 Å². The lowest BCUT2D eigenvalue weighted by Crippen LogP contribution is -2.24. The van der Waals surface area contributed by atoms with Crippen molar-refractivity contribution in [2.24, 2.45) is 5.73 Å². The zero-order valence-electron chi connectivity index (χ0n) is 8.90. The summed E-state index contributed by atoms with van der Waals surface area (Å²) in [5.74, 6) is -1.35. The van der Waals surface area contributed by atoms with Crippen LogP contribution in [0, 0.1) is 6.92 Å². The van der Waals surface area contributed by atoms with E-state index in [1.165, 1.54) is 19.2 Å². The van der Waals surface area contributed by atoms with Crippen molar-refractivity contribution in [2.45, 2.75) is 6.92 Å². The van der Waals surface area contributed by atoms with E-state index in [-0.39, 0.29) is 17.0 Å². The van der Waals surface area contributed by atoms with Crippen molar-refractivity contribution in [3.63, 3.8) is 0 Å². The van der Waals surface area contributed by atoms with Crippen LogP contribution in [0.25, 0.3) is 0 Å². The van der Waals surface area contributed by atoms with Gasteiger partial charge in [-0.1, -0.05) is 0 Å². The SMILES string of the molecule is Cc1cc2c(cc1C(N)=O)C(=O)N(C)C2=O. The average molecular weight is 218 g/mol. The number of nitrogens with two attached hydrogens (primary N) is 1. The molecule has 3 amide bonds. The number of benzene rings is 1. The Labute approximate surface area is 91.8 Å². The van der Waals surface area contributed by atoms with Gasteiger partial charge < -0.3 is 5.73 Å². The summed E-state index contributed by atoms with van der Waals surface area (Å²) in [5.41, 5.74) is 6.62. The molecule has 0 atom stereocenters. The summed E-state index contributed by atoms with van der Waals surface area (Å²) in [6.45, 7) is 1.68. The third kappa shape index (κ3) is 1.21. The van der Waals surface area contributed by atoms with E-state index in [1.807, 2.05) is 0 Å². The van der Waals surface area contributed by atoms with Crippen molar-refractivity contribution < 1.29 is 14.4 Å². The van der Waals surface area contributed by atoms with Gasteiger partial charge in [-0.05, 0) is 24.6 Å². The lowest BCUT2D eigenvalue weighted by atomic mass is 10.0. The van der Waals surface area contributed by atoms with Gasteiger partial charge in [0.05, 0.1) is 11.1 Å². The van der Waals surface area contributed by atoms with E-state index in [2.05, 4.69) is 0 Å². The van der Waals surface area contributed by atoms with Crippen molar-refractivity contribution >= 4 is 17.7 Å². The third-order valence-electron chi connectivity index (χ3n) is 2.70. The molecule has 2 rings (SSSR count). The standard InChI is InChI=1S/C11H10N2O3/c1-5-3-7-8(4-6(5)9(12)14)11(16)13(2)10(7)15/h3-4H,1-2H3,(H2,12,14). The molecule has 1 heterocycles. The molecule has 1 aromatic carbocycles. The lowest BCUT2D eigenvalue weighted by Gasteiger charge is -2.03. The van der Waals surface area contributed by atoms with Gasteiger partial charge in [-0.25, -0.2) is 0 Å². The molecule has 0 aliphatic carbocycles. The first-order chi connectivity index (χ1) is 7.43. The molecular formula is C11H10N2O3. The largest absolute Gasteiger partial charge is 0.366 e. The fraction of sp³-hybridized carbons (Fsp3) is 0.182. The van der Waals surface area contributed by atoms with Gasteiger partial charge >= 0.3 is 0 Å². The van der Waals surface area contributed by atoms with Crippen LogP contribution in [0.4, 0.5) is 0 Å². The second kappa shape index (κ2) is 3.16. The summed E-state index contributed by atoms with van der Waals surface area (Å²) in [4.78, 5) is 35.4. The molecule has 1 aliphatic heterocycles. The summed E-state index contributed by atoms with van der Waals surface area (Å²) in [7, 11) is 1.41. The molecule has 1 aromatic rings. The molecule has 0 saturated heterocycles. The van der Waals surface area contributed by atoms with Crippen LogP contribution >= 0.6 is 0 Å². The number of rotatable bonds is 1. The second-order valence-corrected chi connectivity index (χ2v) is 3.75. The summed E-state index contributed by atoms with van der Waals surface area (Å²) in [6.07, 6.45) is 0. The minimum atomic E-state index is -0.602.